The zero-order valence-corrected chi connectivity index (χ0v) is 13.3. The molecule has 0 radical (unpaired) electrons. The number of nitrogens with zero attached hydrogens (tertiary/aromatic N) is 1. The molecule has 0 saturated carbocycles. The zero-order valence-electron chi connectivity index (χ0n) is 12.5. The Morgan fingerprint density at radius 1 is 1.53 bits per heavy atom. The molecule has 4 nitrogen and oxygen atoms in total. The van der Waals surface area contributed by atoms with Gasteiger partial charge in [0.05, 0.1) is 6.61 Å². The standard InChI is InChI=1S/C14H26N2O2S/c1-5-18-12(17)7-6-9-15-13-16-11(8-10-19-13)14(2,3)4/h11H,5-10H2,1-4H3,(H,15,16). The van der Waals surface area contributed by atoms with E-state index < -0.39 is 0 Å². The molecular formula is C14H26N2O2S. The molecule has 0 bridgehead atoms. The molecule has 1 aliphatic rings. The van der Waals surface area contributed by atoms with Crippen molar-refractivity contribution in [2.24, 2.45) is 10.4 Å². The summed E-state index contributed by atoms with van der Waals surface area (Å²) in [6.07, 6.45) is 2.39. The van der Waals surface area contributed by atoms with Crippen LogP contribution in [0.15, 0.2) is 4.99 Å². The fraction of sp³-hybridized carbons (Fsp3) is 0.857. The average Bonchev–Trinajstić information content (AvgIpc) is 2.34. The van der Waals surface area contributed by atoms with Crippen LogP contribution < -0.4 is 5.32 Å². The van der Waals surface area contributed by atoms with Gasteiger partial charge in [0.2, 0.25) is 0 Å². The van der Waals surface area contributed by atoms with Crippen LogP contribution in [0.25, 0.3) is 0 Å². The van der Waals surface area contributed by atoms with E-state index in [-0.39, 0.29) is 11.4 Å². The third-order valence-electron chi connectivity index (χ3n) is 3.09. The van der Waals surface area contributed by atoms with Crippen molar-refractivity contribution in [2.75, 3.05) is 18.9 Å². The Kier molecular flexibility index (Phi) is 6.69. The summed E-state index contributed by atoms with van der Waals surface area (Å²) >= 11 is 1.77. The van der Waals surface area contributed by atoms with E-state index in [0.29, 0.717) is 25.6 Å². The van der Waals surface area contributed by atoms with E-state index in [4.69, 9.17) is 4.74 Å². The lowest BCUT2D eigenvalue weighted by molar-refractivity contribution is -0.143. The van der Waals surface area contributed by atoms with Gasteiger partial charge in [-0.1, -0.05) is 32.5 Å². The minimum Gasteiger partial charge on any atom is -0.466 e. The number of aliphatic imine (C=N–C) groups is 1. The molecule has 0 spiro atoms. The summed E-state index contributed by atoms with van der Waals surface area (Å²) < 4.78 is 4.89. The molecule has 0 aromatic rings. The first kappa shape index (κ1) is 16.3. The molecule has 1 aliphatic heterocycles. The molecule has 1 saturated heterocycles. The predicted molar refractivity (Wildman–Crippen MR) is 81.6 cm³/mol. The van der Waals surface area contributed by atoms with E-state index in [2.05, 4.69) is 31.1 Å². The molecule has 1 unspecified atom stereocenters. The van der Waals surface area contributed by atoms with Gasteiger partial charge in [-0.3, -0.25) is 9.79 Å². The Labute approximate surface area is 120 Å². The van der Waals surface area contributed by atoms with Gasteiger partial charge in [-0.25, -0.2) is 0 Å². The van der Waals surface area contributed by atoms with Crippen molar-refractivity contribution >= 4 is 22.9 Å². The van der Waals surface area contributed by atoms with Gasteiger partial charge in [0, 0.05) is 24.8 Å². The topological polar surface area (TPSA) is 50.7 Å². The quantitative estimate of drug-likeness (QED) is 0.624. The molecule has 0 amide bonds. The van der Waals surface area contributed by atoms with Crippen LogP contribution in [0.3, 0.4) is 0 Å². The molecular weight excluding hydrogens is 260 g/mol. The lowest BCUT2D eigenvalue weighted by Gasteiger charge is -2.35. The molecule has 1 fully saturated rings. The highest BCUT2D eigenvalue weighted by molar-refractivity contribution is 8.13. The highest BCUT2D eigenvalue weighted by atomic mass is 32.2. The minimum atomic E-state index is -0.125. The number of carbonyl (C=O) groups excluding carboxylic acids is 1. The molecule has 5 heteroatoms. The van der Waals surface area contributed by atoms with Crippen LogP contribution in [0.5, 0.6) is 0 Å². The SMILES string of the molecule is CCOC(=O)CCCN=C1NC(C(C)(C)C)CCS1. The summed E-state index contributed by atoms with van der Waals surface area (Å²) in [5, 5.41) is 4.53. The predicted octanol–water partition coefficient (Wildman–Crippen LogP) is 2.83. The minimum absolute atomic E-state index is 0.125. The van der Waals surface area contributed by atoms with Crippen molar-refractivity contribution < 1.29 is 9.53 Å². The van der Waals surface area contributed by atoms with Gasteiger partial charge in [-0.2, -0.15) is 0 Å². The molecule has 0 aliphatic carbocycles. The molecule has 1 atom stereocenters. The summed E-state index contributed by atoms with van der Waals surface area (Å²) in [7, 11) is 0. The Morgan fingerprint density at radius 3 is 2.89 bits per heavy atom. The number of hydrogen-bond donors (Lipinski definition) is 1. The highest BCUT2D eigenvalue weighted by Gasteiger charge is 2.28. The Balaban J connectivity index is 2.31. The third kappa shape index (κ3) is 6.32. The summed E-state index contributed by atoms with van der Waals surface area (Å²) in [5.41, 5.74) is 0.257. The Morgan fingerprint density at radius 2 is 2.26 bits per heavy atom. The fourth-order valence-corrected chi connectivity index (χ4v) is 2.87. The van der Waals surface area contributed by atoms with Gasteiger partial charge in [0.1, 0.15) is 0 Å². The van der Waals surface area contributed by atoms with E-state index in [9.17, 15) is 4.79 Å². The zero-order chi connectivity index (χ0) is 14.3. The highest BCUT2D eigenvalue weighted by Crippen LogP contribution is 2.27. The van der Waals surface area contributed by atoms with E-state index in [0.717, 1.165) is 17.3 Å². The first-order valence-electron chi connectivity index (χ1n) is 7.03. The number of rotatable bonds is 5. The Hall–Kier alpha value is -0.710. The maximum atomic E-state index is 11.2. The van der Waals surface area contributed by atoms with Gasteiger partial charge in [-0.05, 0) is 25.2 Å². The normalized spacial score (nSPS) is 22.1. The van der Waals surface area contributed by atoms with Crippen LogP contribution in [0, 0.1) is 5.41 Å². The Bertz CT molecular complexity index is 324. The number of thioether (sulfide) groups is 1. The van der Waals surface area contributed by atoms with Crippen molar-refractivity contribution in [2.45, 2.75) is 53.0 Å². The van der Waals surface area contributed by atoms with Crippen LogP contribution >= 0.6 is 11.8 Å². The molecule has 0 aromatic carbocycles. The molecule has 1 N–H and O–H groups in total. The van der Waals surface area contributed by atoms with Crippen molar-refractivity contribution in [3.8, 4) is 0 Å². The number of amidine groups is 1. The second-order valence-electron chi connectivity index (χ2n) is 5.80. The van der Waals surface area contributed by atoms with Crippen LogP contribution in [0.2, 0.25) is 0 Å². The maximum Gasteiger partial charge on any atom is 0.305 e. The lowest BCUT2D eigenvalue weighted by Crippen LogP contribution is -2.46. The van der Waals surface area contributed by atoms with Gasteiger partial charge in [0.15, 0.2) is 5.17 Å². The van der Waals surface area contributed by atoms with Crippen LogP contribution in [-0.4, -0.2) is 36.1 Å². The summed E-state index contributed by atoms with van der Waals surface area (Å²) in [5.74, 6) is 0.991. The largest absolute Gasteiger partial charge is 0.466 e. The van der Waals surface area contributed by atoms with Crippen molar-refractivity contribution in [1.82, 2.24) is 5.32 Å². The van der Waals surface area contributed by atoms with E-state index in [1.54, 1.807) is 11.8 Å². The van der Waals surface area contributed by atoms with Gasteiger partial charge in [0.25, 0.3) is 0 Å². The fourth-order valence-electron chi connectivity index (χ4n) is 1.91. The first-order chi connectivity index (χ1) is 8.93. The number of nitrogens with one attached hydrogen (secondary N) is 1. The molecule has 0 aromatic heterocycles. The van der Waals surface area contributed by atoms with E-state index in [1.807, 2.05) is 6.92 Å². The first-order valence-corrected chi connectivity index (χ1v) is 8.01. The van der Waals surface area contributed by atoms with E-state index >= 15 is 0 Å². The van der Waals surface area contributed by atoms with Crippen molar-refractivity contribution in [1.29, 1.82) is 0 Å². The second-order valence-corrected chi connectivity index (χ2v) is 6.88. The van der Waals surface area contributed by atoms with Crippen molar-refractivity contribution in [3.63, 3.8) is 0 Å². The van der Waals surface area contributed by atoms with Gasteiger partial charge >= 0.3 is 5.97 Å². The second kappa shape index (κ2) is 7.78. The maximum absolute atomic E-state index is 11.2. The lowest BCUT2D eigenvalue weighted by atomic mass is 9.85. The molecule has 1 rings (SSSR count). The number of carbonyl (C=O) groups is 1. The van der Waals surface area contributed by atoms with Crippen LogP contribution in [-0.2, 0) is 9.53 Å². The molecule has 19 heavy (non-hydrogen) atoms. The van der Waals surface area contributed by atoms with Gasteiger partial charge in [-0.15, -0.1) is 0 Å². The summed E-state index contributed by atoms with van der Waals surface area (Å²) in [6.45, 7) is 9.72. The summed E-state index contributed by atoms with van der Waals surface area (Å²) in [6, 6.07) is 0.484. The van der Waals surface area contributed by atoms with Crippen LogP contribution in [0.4, 0.5) is 0 Å². The monoisotopic (exact) mass is 286 g/mol. The number of ether oxygens (including phenoxy) is 1. The van der Waals surface area contributed by atoms with Gasteiger partial charge < -0.3 is 10.1 Å². The summed E-state index contributed by atoms with van der Waals surface area (Å²) in [4.78, 5) is 15.7. The molecule has 110 valence electrons. The smallest absolute Gasteiger partial charge is 0.305 e. The average molecular weight is 286 g/mol. The van der Waals surface area contributed by atoms with Crippen molar-refractivity contribution in [3.05, 3.63) is 0 Å². The third-order valence-corrected chi connectivity index (χ3v) is 4.05. The van der Waals surface area contributed by atoms with Crippen LogP contribution in [0.1, 0.15) is 47.0 Å². The van der Waals surface area contributed by atoms with E-state index in [1.165, 1.54) is 6.42 Å². The number of esters is 1. The number of hydrogen-bond acceptors (Lipinski definition) is 4. The molecule has 1 heterocycles.